The lowest BCUT2D eigenvalue weighted by Gasteiger charge is -2.32. The summed E-state index contributed by atoms with van der Waals surface area (Å²) in [5, 5.41) is 0. The van der Waals surface area contributed by atoms with Crippen LogP contribution in [0.1, 0.15) is 68.2 Å². The molecule has 0 saturated carbocycles. The Morgan fingerprint density at radius 3 is 1.65 bits per heavy atom. The second-order valence-corrected chi connectivity index (χ2v) is 7.51. The van der Waals surface area contributed by atoms with E-state index in [-0.39, 0.29) is 5.41 Å². The van der Waals surface area contributed by atoms with Gasteiger partial charge in [-0.3, -0.25) is 0 Å². The molecule has 0 aromatic heterocycles. The van der Waals surface area contributed by atoms with E-state index in [4.69, 9.17) is 9.47 Å². The maximum absolute atomic E-state index is 5.46. The third kappa shape index (κ3) is 4.41. The molecule has 0 heterocycles. The number of benzene rings is 2. The highest BCUT2D eigenvalue weighted by molar-refractivity contribution is 5.47. The molecule has 2 aromatic carbocycles. The lowest BCUT2D eigenvalue weighted by molar-refractivity contribution is 0.409. The fourth-order valence-electron chi connectivity index (χ4n) is 3.80. The molecular weight excluding hydrogens is 320 g/mol. The van der Waals surface area contributed by atoms with Crippen LogP contribution in [-0.4, -0.2) is 14.2 Å². The summed E-state index contributed by atoms with van der Waals surface area (Å²) in [6.07, 6.45) is 6.24. The van der Waals surface area contributed by atoms with Gasteiger partial charge < -0.3 is 9.47 Å². The van der Waals surface area contributed by atoms with Crippen molar-refractivity contribution in [3.8, 4) is 11.5 Å². The summed E-state index contributed by atoms with van der Waals surface area (Å²) in [7, 11) is 3.47. The third-order valence-electron chi connectivity index (χ3n) is 5.59. The Labute approximate surface area is 159 Å². The van der Waals surface area contributed by atoms with Gasteiger partial charge >= 0.3 is 0 Å². The molecular formula is C24H34O2. The molecule has 0 aliphatic heterocycles. The Kier molecular flexibility index (Phi) is 7.14. The first kappa shape index (κ1) is 20.4. The van der Waals surface area contributed by atoms with Crippen LogP contribution in [0.15, 0.2) is 36.4 Å². The molecule has 0 atom stereocenters. The van der Waals surface area contributed by atoms with Crippen molar-refractivity contribution in [2.45, 2.75) is 65.2 Å². The summed E-state index contributed by atoms with van der Waals surface area (Å²) in [6, 6.07) is 13.2. The number of ether oxygens (including phenoxy) is 2. The molecule has 26 heavy (non-hydrogen) atoms. The number of unbranched alkanes of at least 4 members (excludes halogenated alkanes) is 3. The molecule has 0 aliphatic carbocycles. The molecule has 2 aromatic rings. The standard InChI is InChI=1S/C24H34O2/c1-7-8-9-10-15-24(4,20-11-13-22(25-5)18(2)16-20)21-12-14-23(26-6)19(3)17-21/h11-14,16-17H,7-10,15H2,1-6H3. The topological polar surface area (TPSA) is 18.5 Å². The molecule has 0 spiro atoms. The average molecular weight is 355 g/mol. The van der Waals surface area contributed by atoms with Crippen LogP contribution in [0.5, 0.6) is 11.5 Å². The zero-order valence-electron chi connectivity index (χ0n) is 17.3. The minimum atomic E-state index is -0.0121. The van der Waals surface area contributed by atoms with E-state index in [1.54, 1.807) is 14.2 Å². The van der Waals surface area contributed by atoms with Crippen LogP contribution in [0.25, 0.3) is 0 Å². The highest BCUT2D eigenvalue weighted by Crippen LogP contribution is 2.40. The van der Waals surface area contributed by atoms with Gasteiger partial charge in [0.1, 0.15) is 11.5 Å². The van der Waals surface area contributed by atoms with Crippen LogP contribution in [0, 0.1) is 13.8 Å². The highest BCUT2D eigenvalue weighted by atomic mass is 16.5. The molecule has 0 unspecified atom stereocenters. The second kappa shape index (κ2) is 9.12. The van der Waals surface area contributed by atoms with E-state index in [0.717, 1.165) is 17.9 Å². The Balaban J connectivity index is 2.44. The van der Waals surface area contributed by atoms with Gasteiger partial charge in [-0.25, -0.2) is 0 Å². The normalized spacial score (nSPS) is 11.5. The van der Waals surface area contributed by atoms with Gasteiger partial charge in [-0.1, -0.05) is 63.8 Å². The smallest absolute Gasteiger partial charge is 0.121 e. The molecule has 0 saturated heterocycles. The predicted octanol–water partition coefficient (Wildman–Crippen LogP) is 6.60. The van der Waals surface area contributed by atoms with Crippen LogP contribution in [0.4, 0.5) is 0 Å². The molecule has 0 radical (unpaired) electrons. The molecule has 2 heteroatoms. The summed E-state index contributed by atoms with van der Waals surface area (Å²) in [5.41, 5.74) is 5.08. The Hall–Kier alpha value is -1.96. The first-order valence-electron chi connectivity index (χ1n) is 9.76. The largest absolute Gasteiger partial charge is 0.496 e. The predicted molar refractivity (Wildman–Crippen MR) is 111 cm³/mol. The van der Waals surface area contributed by atoms with Crippen molar-refractivity contribution in [2.24, 2.45) is 0 Å². The van der Waals surface area contributed by atoms with Crippen molar-refractivity contribution < 1.29 is 9.47 Å². The number of hydrogen-bond donors (Lipinski definition) is 0. The van der Waals surface area contributed by atoms with E-state index in [9.17, 15) is 0 Å². The van der Waals surface area contributed by atoms with Crippen molar-refractivity contribution in [3.63, 3.8) is 0 Å². The number of hydrogen-bond acceptors (Lipinski definition) is 2. The molecule has 0 N–H and O–H groups in total. The van der Waals surface area contributed by atoms with Crippen molar-refractivity contribution in [1.29, 1.82) is 0 Å². The van der Waals surface area contributed by atoms with E-state index >= 15 is 0 Å². The van der Waals surface area contributed by atoms with E-state index < -0.39 is 0 Å². The second-order valence-electron chi connectivity index (χ2n) is 7.51. The molecule has 0 bridgehead atoms. The number of methoxy groups -OCH3 is 2. The van der Waals surface area contributed by atoms with Crippen molar-refractivity contribution in [1.82, 2.24) is 0 Å². The maximum Gasteiger partial charge on any atom is 0.121 e. The Morgan fingerprint density at radius 1 is 0.769 bits per heavy atom. The summed E-state index contributed by atoms with van der Waals surface area (Å²) in [4.78, 5) is 0. The Bertz CT molecular complexity index is 665. The van der Waals surface area contributed by atoms with Gasteiger partial charge in [0.25, 0.3) is 0 Å². The summed E-state index contributed by atoms with van der Waals surface area (Å²) >= 11 is 0. The highest BCUT2D eigenvalue weighted by Gasteiger charge is 2.29. The first-order chi connectivity index (χ1) is 12.5. The van der Waals surface area contributed by atoms with E-state index in [1.165, 1.54) is 47.9 Å². The minimum absolute atomic E-state index is 0.0121. The van der Waals surface area contributed by atoms with Gasteiger partial charge in [0.15, 0.2) is 0 Å². The molecule has 2 nitrogen and oxygen atoms in total. The average Bonchev–Trinajstić information content (AvgIpc) is 2.65. The van der Waals surface area contributed by atoms with Crippen LogP contribution >= 0.6 is 0 Å². The zero-order valence-corrected chi connectivity index (χ0v) is 17.3. The van der Waals surface area contributed by atoms with Gasteiger partial charge in [-0.2, -0.15) is 0 Å². The fraction of sp³-hybridized carbons (Fsp3) is 0.500. The third-order valence-corrected chi connectivity index (χ3v) is 5.59. The van der Waals surface area contributed by atoms with Crippen LogP contribution in [0.3, 0.4) is 0 Å². The van der Waals surface area contributed by atoms with Crippen LogP contribution in [0.2, 0.25) is 0 Å². The van der Waals surface area contributed by atoms with Crippen molar-refractivity contribution >= 4 is 0 Å². The quantitative estimate of drug-likeness (QED) is 0.472. The lowest BCUT2D eigenvalue weighted by atomic mass is 9.72. The summed E-state index contributed by atoms with van der Waals surface area (Å²) in [6.45, 7) is 8.89. The van der Waals surface area contributed by atoms with Crippen molar-refractivity contribution in [2.75, 3.05) is 14.2 Å². The molecule has 0 fully saturated rings. The van der Waals surface area contributed by atoms with Gasteiger partial charge in [0, 0.05) is 5.41 Å². The van der Waals surface area contributed by atoms with Crippen LogP contribution in [-0.2, 0) is 5.41 Å². The monoisotopic (exact) mass is 354 g/mol. The SMILES string of the molecule is CCCCCCC(C)(c1ccc(OC)c(C)c1)c1ccc(OC)c(C)c1. The van der Waals surface area contributed by atoms with Gasteiger partial charge in [0.2, 0.25) is 0 Å². The molecule has 2 rings (SSSR count). The summed E-state index contributed by atoms with van der Waals surface area (Å²) in [5.74, 6) is 1.90. The van der Waals surface area contributed by atoms with E-state index in [0.29, 0.717) is 0 Å². The molecule has 0 aliphatic rings. The van der Waals surface area contributed by atoms with Crippen LogP contribution < -0.4 is 9.47 Å². The first-order valence-corrected chi connectivity index (χ1v) is 9.76. The fourth-order valence-corrected chi connectivity index (χ4v) is 3.80. The maximum atomic E-state index is 5.46. The van der Waals surface area contributed by atoms with Gasteiger partial charge in [-0.15, -0.1) is 0 Å². The molecule has 142 valence electrons. The van der Waals surface area contributed by atoms with E-state index in [2.05, 4.69) is 64.1 Å². The summed E-state index contributed by atoms with van der Waals surface area (Å²) < 4.78 is 10.9. The van der Waals surface area contributed by atoms with Gasteiger partial charge in [-0.05, 0) is 54.7 Å². The number of rotatable bonds is 9. The van der Waals surface area contributed by atoms with Gasteiger partial charge in [0.05, 0.1) is 14.2 Å². The Morgan fingerprint density at radius 2 is 1.27 bits per heavy atom. The lowest BCUT2D eigenvalue weighted by Crippen LogP contribution is -2.24. The minimum Gasteiger partial charge on any atom is -0.496 e. The van der Waals surface area contributed by atoms with Crippen molar-refractivity contribution in [3.05, 3.63) is 58.7 Å². The molecule has 0 amide bonds. The van der Waals surface area contributed by atoms with E-state index in [1.807, 2.05) is 0 Å². The number of aryl methyl sites for hydroxylation is 2. The zero-order chi connectivity index (χ0) is 19.2.